The van der Waals surface area contributed by atoms with Crippen LogP contribution in [0.5, 0.6) is 5.75 Å². The third-order valence-corrected chi connectivity index (χ3v) is 4.66. The van der Waals surface area contributed by atoms with Crippen molar-refractivity contribution >= 4 is 32.6 Å². The molecule has 8 heteroatoms. The van der Waals surface area contributed by atoms with Crippen molar-refractivity contribution in [2.75, 3.05) is 12.4 Å². The highest BCUT2D eigenvalue weighted by Crippen LogP contribution is 2.29. The Labute approximate surface area is 150 Å². The summed E-state index contributed by atoms with van der Waals surface area (Å²) >= 11 is 0. The molecule has 0 atom stereocenters. The fourth-order valence-corrected chi connectivity index (χ4v) is 3.31. The number of sulfonamides is 1. The number of rotatable bonds is 5. The molecule has 3 rings (SSSR count). The highest BCUT2D eigenvalue weighted by atomic mass is 32.2. The molecular weight excluding hydrogens is 356 g/mol. The molecule has 3 N–H and O–H groups in total. The Morgan fingerprint density at radius 1 is 1.19 bits per heavy atom. The number of hydrogen-bond donors (Lipinski definition) is 2. The minimum Gasteiger partial charge on any atom is -0.497 e. The molecule has 1 heterocycles. The van der Waals surface area contributed by atoms with E-state index in [4.69, 9.17) is 14.3 Å². The van der Waals surface area contributed by atoms with Gasteiger partial charge >= 0.3 is 0 Å². The van der Waals surface area contributed by atoms with Gasteiger partial charge in [0.25, 0.3) is 5.91 Å². The summed E-state index contributed by atoms with van der Waals surface area (Å²) in [7, 11) is -2.02. The lowest BCUT2D eigenvalue weighted by Gasteiger charge is -2.05. The monoisotopic (exact) mass is 374 g/mol. The van der Waals surface area contributed by atoms with Crippen molar-refractivity contribution in [1.82, 2.24) is 0 Å². The van der Waals surface area contributed by atoms with Crippen LogP contribution in [0, 0.1) is 6.92 Å². The van der Waals surface area contributed by atoms with Gasteiger partial charge in [-0.15, -0.1) is 0 Å². The summed E-state index contributed by atoms with van der Waals surface area (Å²) in [5, 5.41) is 8.56. The maximum atomic E-state index is 12.5. The standard InChI is InChI=1S/C18H18N2O5S/c1-11-15-9-14(24-2)7-8-16(15)25-17(11)18(21)20-13-5-3-12(4-6-13)10-26(19,22)23/h3-9H,10H2,1-2H3,(H,20,21)(H2,19,22,23). The smallest absolute Gasteiger partial charge is 0.291 e. The Hall–Kier alpha value is -2.84. The van der Waals surface area contributed by atoms with Gasteiger partial charge in [0.15, 0.2) is 5.76 Å². The first-order chi connectivity index (χ1) is 12.3. The highest BCUT2D eigenvalue weighted by Gasteiger charge is 2.18. The molecule has 0 aliphatic rings. The van der Waals surface area contributed by atoms with Gasteiger partial charge in [-0.3, -0.25) is 4.79 Å². The van der Waals surface area contributed by atoms with Crippen LogP contribution in [0.2, 0.25) is 0 Å². The molecule has 0 unspecified atom stereocenters. The first-order valence-electron chi connectivity index (χ1n) is 7.75. The number of primary sulfonamides is 1. The number of methoxy groups -OCH3 is 1. The van der Waals surface area contributed by atoms with Gasteiger partial charge in [-0.1, -0.05) is 12.1 Å². The molecule has 0 bridgehead atoms. The second-order valence-electron chi connectivity index (χ2n) is 5.88. The number of furan rings is 1. The largest absolute Gasteiger partial charge is 0.497 e. The van der Waals surface area contributed by atoms with Gasteiger partial charge < -0.3 is 14.5 Å². The van der Waals surface area contributed by atoms with Crippen molar-refractivity contribution in [3.63, 3.8) is 0 Å². The molecule has 0 aliphatic carbocycles. The van der Waals surface area contributed by atoms with Crippen molar-refractivity contribution in [2.24, 2.45) is 5.14 Å². The zero-order valence-electron chi connectivity index (χ0n) is 14.3. The summed E-state index contributed by atoms with van der Waals surface area (Å²) in [6.45, 7) is 1.80. The average molecular weight is 374 g/mol. The van der Waals surface area contributed by atoms with Gasteiger partial charge in [-0.2, -0.15) is 0 Å². The average Bonchev–Trinajstić information content (AvgIpc) is 2.92. The van der Waals surface area contributed by atoms with E-state index in [1.54, 1.807) is 50.4 Å². The molecule has 136 valence electrons. The molecule has 1 aromatic heterocycles. The summed E-state index contributed by atoms with van der Waals surface area (Å²) in [5.41, 5.74) is 2.36. The SMILES string of the molecule is COc1ccc2oc(C(=O)Nc3ccc(CS(N)(=O)=O)cc3)c(C)c2c1. The third kappa shape index (κ3) is 3.87. The molecule has 0 spiro atoms. The van der Waals surface area contributed by atoms with E-state index in [-0.39, 0.29) is 11.5 Å². The second kappa shape index (κ2) is 6.81. The van der Waals surface area contributed by atoms with Gasteiger partial charge in [-0.05, 0) is 42.8 Å². The lowest BCUT2D eigenvalue weighted by atomic mass is 10.1. The zero-order valence-corrected chi connectivity index (χ0v) is 15.1. The number of carbonyl (C=O) groups excluding carboxylic acids is 1. The molecule has 0 saturated carbocycles. The minimum atomic E-state index is -3.59. The first-order valence-corrected chi connectivity index (χ1v) is 9.46. The number of nitrogens with one attached hydrogen (secondary N) is 1. The van der Waals surface area contributed by atoms with Crippen LogP contribution in [-0.2, 0) is 15.8 Å². The molecular formula is C18H18N2O5S. The number of carbonyl (C=O) groups is 1. The van der Waals surface area contributed by atoms with Gasteiger partial charge in [0.2, 0.25) is 10.0 Å². The van der Waals surface area contributed by atoms with Crippen molar-refractivity contribution in [1.29, 1.82) is 0 Å². The Kier molecular flexibility index (Phi) is 4.71. The predicted octanol–water partition coefficient (Wildman–Crippen LogP) is 2.79. The molecule has 1 amide bonds. The molecule has 0 radical (unpaired) electrons. The lowest BCUT2D eigenvalue weighted by Crippen LogP contribution is -2.15. The Bertz CT molecular complexity index is 1070. The second-order valence-corrected chi connectivity index (χ2v) is 7.49. The number of aryl methyl sites for hydroxylation is 1. The summed E-state index contributed by atoms with van der Waals surface area (Å²) in [6.07, 6.45) is 0. The summed E-state index contributed by atoms with van der Waals surface area (Å²) in [6, 6.07) is 11.7. The molecule has 26 heavy (non-hydrogen) atoms. The molecule has 0 aliphatic heterocycles. The Morgan fingerprint density at radius 2 is 1.88 bits per heavy atom. The van der Waals surface area contributed by atoms with Gasteiger partial charge in [0.05, 0.1) is 12.9 Å². The summed E-state index contributed by atoms with van der Waals surface area (Å²) in [5.74, 6) is 0.240. The van der Waals surface area contributed by atoms with Crippen LogP contribution in [0.15, 0.2) is 46.9 Å². The number of benzene rings is 2. The highest BCUT2D eigenvalue weighted by molar-refractivity contribution is 7.88. The van der Waals surface area contributed by atoms with E-state index in [1.807, 2.05) is 6.07 Å². The fourth-order valence-electron chi connectivity index (χ4n) is 2.65. The van der Waals surface area contributed by atoms with Crippen LogP contribution in [0.3, 0.4) is 0 Å². The number of hydrogen-bond acceptors (Lipinski definition) is 5. The van der Waals surface area contributed by atoms with Gasteiger partial charge in [0.1, 0.15) is 11.3 Å². The summed E-state index contributed by atoms with van der Waals surface area (Å²) in [4.78, 5) is 12.5. The fraction of sp³-hybridized carbons (Fsp3) is 0.167. The molecule has 0 saturated heterocycles. The van der Waals surface area contributed by atoms with E-state index < -0.39 is 15.9 Å². The van der Waals surface area contributed by atoms with Crippen molar-refractivity contribution < 1.29 is 22.4 Å². The number of anilines is 1. The Balaban J connectivity index is 1.82. The van der Waals surface area contributed by atoms with Gasteiger partial charge in [0, 0.05) is 16.6 Å². The van der Waals surface area contributed by atoms with E-state index >= 15 is 0 Å². The van der Waals surface area contributed by atoms with Crippen LogP contribution in [0.1, 0.15) is 21.7 Å². The number of amides is 1. The van der Waals surface area contributed by atoms with Crippen molar-refractivity contribution in [2.45, 2.75) is 12.7 Å². The molecule has 0 fully saturated rings. The van der Waals surface area contributed by atoms with E-state index in [1.165, 1.54) is 0 Å². The van der Waals surface area contributed by atoms with Crippen molar-refractivity contribution in [3.05, 3.63) is 59.4 Å². The maximum absolute atomic E-state index is 12.5. The predicted molar refractivity (Wildman–Crippen MR) is 98.7 cm³/mol. The Morgan fingerprint density at radius 3 is 2.50 bits per heavy atom. The third-order valence-electron chi connectivity index (χ3n) is 3.93. The van der Waals surface area contributed by atoms with E-state index in [9.17, 15) is 13.2 Å². The van der Waals surface area contributed by atoms with Gasteiger partial charge in [-0.25, -0.2) is 13.6 Å². The van der Waals surface area contributed by atoms with Crippen LogP contribution < -0.4 is 15.2 Å². The quantitative estimate of drug-likeness (QED) is 0.713. The lowest BCUT2D eigenvalue weighted by molar-refractivity contribution is 0.0998. The number of nitrogens with two attached hydrogens (primary N) is 1. The van der Waals surface area contributed by atoms with Crippen LogP contribution in [0.4, 0.5) is 5.69 Å². The molecule has 7 nitrogen and oxygen atoms in total. The first kappa shape index (κ1) is 18.0. The van der Waals surface area contributed by atoms with Crippen LogP contribution in [-0.4, -0.2) is 21.4 Å². The van der Waals surface area contributed by atoms with Crippen LogP contribution in [0.25, 0.3) is 11.0 Å². The topological polar surface area (TPSA) is 112 Å². The normalized spacial score (nSPS) is 11.5. The van der Waals surface area contributed by atoms with Crippen molar-refractivity contribution in [3.8, 4) is 5.75 Å². The minimum absolute atomic E-state index is 0.210. The number of fused-ring (bicyclic) bond motifs is 1. The van der Waals surface area contributed by atoms with E-state index in [0.29, 0.717) is 28.1 Å². The van der Waals surface area contributed by atoms with Crippen LogP contribution >= 0.6 is 0 Å². The zero-order chi connectivity index (χ0) is 18.9. The van der Waals surface area contributed by atoms with E-state index in [0.717, 1.165) is 5.39 Å². The van der Waals surface area contributed by atoms with E-state index in [2.05, 4.69) is 5.32 Å². The molecule has 2 aromatic carbocycles. The number of ether oxygens (including phenoxy) is 1. The molecule has 3 aromatic rings. The maximum Gasteiger partial charge on any atom is 0.291 e. The summed E-state index contributed by atoms with van der Waals surface area (Å²) < 4.78 is 33.1.